The number of fused-ring (bicyclic) bond motifs is 1. The SMILES string of the molecule is CCC[C@@H](NC(=O)N1CCC[C@H]1C1CCC1)c1nnc2ccccn12. The molecule has 0 spiro atoms. The number of rotatable bonds is 5. The van der Waals surface area contributed by atoms with Gasteiger partial charge in [0.2, 0.25) is 0 Å². The second-order valence-corrected chi connectivity index (χ2v) is 7.37. The minimum atomic E-state index is -0.0995. The van der Waals surface area contributed by atoms with Crippen LogP contribution < -0.4 is 5.32 Å². The van der Waals surface area contributed by atoms with E-state index in [2.05, 4.69) is 27.3 Å². The van der Waals surface area contributed by atoms with E-state index in [0.717, 1.165) is 43.7 Å². The van der Waals surface area contributed by atoms with E-state index in [1.807, 2.05) is 28.8 Å². The number of carbonyl (C=O) groups is 1. The Balaban J connectivity index is 1.52. The summed E-state index contributed by atoms with van der Waals surface area (Å²) in [5, 5.41) is 11.8. The van der Waals surface area contributed by atoms with Crippen molar-refractivity contribution in [2.24, 2.45) is 5.92 Å². The van der Waals surface area contributed by atoms with Gasteiger partial charge in [-0.25, -0.2) is 4.79 Å². The summed E-state index contributed by atoms with van der Waals surface area (Å²) in [5.41, 5.74) is 0.821. The van der Waals surface area contributed by atoms with Crippen LogP contribution in [-0.2, 0) is 0 Å². The zero-order chi connectivity index (χ0) is 17.2. The fourth-order valence-electron chi connectivity index (χ4n) is 4.24. The van der Waals surface area contributed by atoms with E-state index in [9.17, 15) is 4.79 Å². The molecule has 1 saturated carbocycles. The molecule has 6 nitrogen and oxygen atoms in total. The van der Waals surface area contributed by atoms with Crippen LogP contribution in [0.1, 0.15) is 63.7 Å². The summed E-state index contributed by atoms with van der Waals surface area (Å²) < 4.78 is 1.98. The Morgan fingerprint density at radius 1 is 1.28 bits per heavy atom. The summed E-state index contributed by atoms with van der Waals surface area (Å²) in [7, 11) is 0. The molecule has 0 unspecified atom stereocenters. The molecule has 2 amide bonds. The van der Waals surface area contributed by atoms with Crippen molar-refractivity contribution in [1.29, 1.82) is 0 Å². The Morgan fingerprint density at radius 2 is 2.16 bits per heavy atom. The molecular formula is C19H27N5O. The van der Waals surface area contributed by atoms with Crippen LogP contribution in [0, 0.1) is 5.92 Å². The number of urea groups is 1. The minimum absolute atomic E-state index is 0.0699. The average Bonchev–Trinajstić information content (AvgIpc) is 3.20. The van der Waals surface area contributed by atoms with Crippen LogP contribution in [0.4, 0.5) is 4.79 Å². The van der Waals surface area contributed by atoms with Crippen molar-refractivity contribution in [2.75, 3.05) is 6.54 Å². The van der Waals surface area contributed by atoms with E-state index >= 15 is 0 Å². The van der Waals surface area contributed by atoms with Crippen LogP contribution in [-0.4, -0.2) is 38.1 Å². The molecule has 0 bridgehead atoms. The highest BCUT2D eigenvalue weighted by Crippen LogP contribution is 2.37. The lowest BCUT2D eigenvalue weighted by Crippen LogP contribution is -2.48. The van der Waals surface area contributed by atoms with Gasteiger partial charge in [-0.15, -0.1) is 10.2 Å². The fraction of sp³-hybridized carbons (Fsp3) is 0.632. The van der Waals surface area contributed by atoms with Crippen molar-refractivity contribution in [3.05, 3.63) is 30.2 Å². The van der Waals surface area contributed by atoms with Gasteiger partial charge >= 0.3 is 6.03 Å². The Morgan fingerprint density at radius 3 is 2.92 bits per heavy atom. The summed E-state index contributed by atoms with van der Waals surface area (Å²) in [6.07, 6.45) is 9.98. The molecule has 2 atom stereocenters. The van der Waals surface area contributed by atoms with E-state index in [1.165, 1.54) is 19.3 Å². The van der Waals surface area contributed by atoms with Gasteiger partial charge < -0.3 is 10.2 Å². The molecule has 25 heavy (non-hydrogen) atoms. The molecule has 2 aliphatic rings. The molecule has 1 saturated heterocycles. The molecule has 2 aromatic rings. The van der Waals surface area contributed by atoms with Crippen molar-refractivity contribution in [2.45, 2.75) is 64.0 Å². The lowest BCUT2D eigenvalue weighted by Gasteiger charge is -2.37. The Bertz CT molecular complexity index is 738. The van der Waals surface area contributed by atoms with E-state index in [4.69, 9.17) is 0 Å². The smallest absolute Gasteiger partial charge is 0.318 e. The van der Waals surface area contributed by atoms with Gasteiger partial charge in [0, 0.05) is 18.8 Å². The number of nitrogens with one attached hydrogen (secondary N) is 1. The largest absolute Gasteiger partial charge is 0.328 e. The average molecular weight is 341 g/mol. The van der Waals surface area contributed by atoms with Crippen molar-refractivity contribution in [1.82, 2.24) is 24.8 Å². The third kappa shape index (κ3) is 3.10. The predicted octanol–water partition coefficient (Wildman–Crippen LogP) is 3.54. The minimum Gasteiger partial charge on any atom is -0.328 e. The van der Waals surface area contributed by atoms with E-state index in [0.29, 0.717) is 12.0 Å². The maximum Gasteiger partial charge on any atom is 0.318 e. The number of aromatic nitrogens is 3. The van der Waals surface area contributed by atoms with Gasteiger partial charge in [-0.1, -0.05) is 25.8 Å². The molecule has 1 N–H and O–H groups in total. The predicted molar refractivity (Wildman–Crippen MR) is 96.2 cm³/mol. The summed E-state index contributed by atoms with van der Waals surface area (Å²) in [6, 6.07) is 6.27. The van der Waals surface area contributed by atoms with Crippen molar-refractivity contribution < 1.29 is 4.79 Å². The van der Waals surface area contributed by atoms with Gasteiger partial charge in [-0.05, 0) is 50.2 Å². The zero-order valence-corrected chi connectivity index (χ0v) is 14.9. The number of hydrogen-bond acceptors (Lipinski definition) is 3. The van der Waals surface area contributed by atoms with Crippen molar-refractivity contribution in [3.63, 3.8) is 0 Å². The van der Waals surface area contributed by atoms with Gasteiger partial charge in [0.05, 0.1) is 6.04 Å². The molecule has 2 aromatic heterocycles. The summed E-state index contributed by atoms with van der Waals surface area (Å²) in [4.78, 5) is 15.1. The lowest BCUT2D eigenvalue weighted by atomic mass is 9.79. The second kappa shape index (κ2) is 7.02. The third-order valence-electron chi connectivity index (χ3n) is 5.78. The van der Waals surface area contributed by atoms with Gasteiger partial charge in [0.1, 0.15) is 0 Å². The van der Waals surface area contributed by atoms with Crippen LogP contribution >= 0.6 is 0 Å². The maximum atomic E-state index is 13.0. The normalized spacial score (nSPS) is 22.1. The van der Waals surface area contributed by atoms with Crippen LogP contribution in [0.25, 0.3) is 5.65 Å². The first kappa shape index (κ1) is 16.4. The first-order chi connectivity index (χ1) is 12.3. The molecule has 3 heterocycles. The Kier molecular flexibility index (Phi) is 4.59. The first-order valence-corrected chi connectivity index (χ1v) is 9.64. The maximum absolute atomic E-state index is 13.0. The van der Waals surface area contributed by atoms with Gasteiger partial charge in [0.25, 0.3) is 0 Å². The van der Waals surface area contributed by atoms with E-state index in [-0.39, 0.29) is 12.1 Å². The van der Waals surface area contributed by atoms with E-state index in [1.54, 1.807) is 0 Å². The molecule has 134 valence electrons. The topological polar surface area (TPSA) is 62.5 Å². The van der Waals surface area contributed by atoms with Crippen molar-refractivity contribution in [3.8, 4) is 0 Å². The summed E-state index contributed by atoms with van der Waals surface area (Å²) >= 11 is 0. The molecule has 4 rings (SSSR count). The monoisotopic (exact) mass is 341 g/mol. The number of hydrogen-bond donors (Lipinski definition) is 1. The van der Waals surface area contributed by atoms with Crippen molar-refractivity contribution >= 4 is 11.7 Å². The van der Waals surface area contributed by atoms with Gasteiger partial charge in [0.15, 0.2) is 11.5 Å². The van der Waals surface area contributed by atoms with Crippen LogP contribution in [0.2, 0.25) is 0 Å². The van der Waals surface area contributed by atoms with Crippen LogP contribution in [0.3, 0.4) is 0 Å². The Labute approximate surface area is 148 Å². The number of likely N-dealkylation sites (tertiary alicyclic amines) is 1. The van der Waals surface area contributed by atoms with Gasteiger partial charge in [-0.3, -0.25) is 4.40 Å². The molecule has 6 heteroatoms. The third-order valence-corrected chi connectivity index (χ3v) is 5.78. The highest BCUT2D eigenvalue weighted by molar-refractivity contribution is 5.75. The quantitative estimate of drug-likeness (QED) is 0.905. The Hall–Kier alpha value is -2.11. The zero-order valence-electron chi connectivity index (χ0n) is 14.9. The molecule has 0 aromatic carbocycles. The van der Waals surface area contributed by atoms with E-state index < -0.39 is 0 Å². The number of carbonyl (C=O) groups excluding carboxylic acids is 1. The summed E-state index contributed by atoms with van der Waals surface area (Å²) in [6.45, 7) is 3.02. The van der Waals surface area contributed by atoms with Crippen LogP contribution in [0.5, 0.6) is 0 Å². The number of amides is 2. The summed E-state index contributed by atoms with van der Waals surface area (Å²) in [5.74, 6) is 1.54. The molecule has 1 aliphatic carbocycles. The van der Waals surface area contributed by atoms with Crippen LogP contribution in [0.15, 0.2) is 24.4 Å². The number of nitrogens with zero attached hydrogens (tertiary/aromatic N) is 4. The fourth-order valence-corrected chi connectivity index (χ4v) is 4.24. The molecular weight excluding hydrogens is 314 g/mol. The highest BCUT2D eigenvalue weighted by atomic mass is 16.2. The van der Waals surface area contributed by atoms with Gasteiger partial charge in [-0.2, -0.15) is 0 Å². The standard InChI is InChI=1S/C19H27N5O/c1-2-7-15(18-22-21-17-11-3-4-12-24(17)18)20-19(25)23-13-6-10-16(23)14-8-5-9-14/h3-4,11-12,14-16H,2,5-10,13H2,1H3,(H,20,25)/t15-,16+/m1/s1. The lowest BCUT2D eigenvalue weighted by molar-refractivity contribution is 0.136. The molecule has 1 aliphatic heterocycles. The number of pyridine rings is 1. The highest BCUT2D eigenvalue weighted by Gasteiger charge is 2.38. The molecule has 0 radical (unpaired) electrons. The second-order valence-electron chi connectivity index (χ2n) is 7.37. The molecule has 2 fully saturated rings. The first-order valence-electron chi connectivity index (χ1n) is 9.64.